The summed E-state index contributed by atoms with van der Waals surface area (Å²) in [5, 5.41) is 2.96. The highest BCUT2D eigenvalue weighted by Gasteiger charge is 2.31. The van der Waals surface area contributed by atoms with Gasteiger partial charge >= 0.3 is 6.18 Å². The summed E-state index contributed by atoms with van der Waals surface area (Å²) in [4.78, 5) is 30.8. The number of amides is 1. The van der Waals surface area contributed by atoms with E-state index in [1.165, 1.54) is 0 Å². The molecule has 0 unspecified atom stereocenters. The summed E-state index contributed by atoms with van der Waals surface area (Å²) >= 11 is 6.79. The molecule has 1 heterocycles. The van der Waals surface area contributed by atoms with Gasteiger partial charge in [0.05, 0.1) is 32.9 Å². The molecule has 3 aromatic rings. The lowest BCUT2D eigenvalue weighted by molar-refractivity contribution is -0.137. The zero-order chi connectivity index (χ0) is 19.6. The molecule has 0 aliphatic heterocycles. The number of nitrogens with zero attached hydrogens (tertiary/aromatic N) is 1. The van der Waals surface area contributed by atoms with Crippen molar-refractivity contribution in [2.24, 2.45) is 0 Å². The molecule has 2 N–H and O–H groups in total. The van der Waals surface area contributed by atoms with Crippen LogP contribution in [-0.4, -0.2) is 21.6 Å². The molecule has 0 aliphatic rings. The number of rotatable bonds is 4. The van der Waals surface area contributed by atoms with E-state index in [1.54, 1.807) is 24.3 Å². The van der Waals surface area contributed by atoms with Gasteiger partial charge in [0, 0.05) is 0 Å². The van der Waals surface area contributed by atoms with Crippen LogP contribution >= 0.6 is 23.4 Å². The average molecular weight is 414 g/mol. The Morgan fingerprint density at radius 3 is 2.70 bits per heavy atom. The number of H-pyrrole nitrogens is 1. The quantitative estimate of drug-likeness (QED) is 0.493. The molecular formula is C17H11ClF3N3O2S. The van der Waals surface area contributed by atoms with Crippen LogP contribution in [0.3, 0.4) is 0 Å². The van der Waals surface area contributed by atoms with Gasteiger partial charge in [-0.15, -0.1) is 0 Å². The second-order valence-corrected chi connectivity index (χ2v) is 6.79. The fourth-order valence-corrected chi connectivity index (χ4v) is 3.08. The Labute approximate surface area is 160 Å². The van der Waals surface area contributed by atoms with Crippen LogP contribution < -0.4 is 10.9 Å². The van der Waals surface area contributed by atoms with E-state index in [0.717, 1.165) is 30.0 Å². The van der Waals surface area contributed by atoms with Gasteiger partial charge < -0.3 is 10.3 Å². The maximum atomic E-state index is 12.8. The Morgan fingerprint density at radius 1 is 1.22 bits per heavy atom. The summed E-state index contributed by atoms with van der Waals surface area (Å²) in [7, 11) is 0. The second-order valence-electron chi connectivity index (χ2n) is 5.42. The minimum atomic E-state index is -4.55. The smallest absolute Gasteiger partial charge is 0.324 e. The van der Waals surface area contributed by atoms with Gasteiger partial charge in [0.1, 0.15) is 0 Å². The summed E-state index contributed by atoms with van der Waals surface area (Å²) in [5.74, 6) is -0.759. The summed E-state index contributed by atoms with van der Waals surface area (Å²) in [6, 6.07) is 9.38. The lowest BCUT2D eigenvalue weighted by Crippen LogP contribution is -2.16. The first-order valence-electron chi connectivity index (χ1n) is 7.52. The van der Waals surface area contributed by atoms with Crippen LogP contribution in [0.5, 0.6) is 0 Å². The molecule has 10 heteroatoms. The summed E-state index contributed by atoms with van der Waals surface area (Å²) in [6.07, 6.45) is -4.55. The zero-order valence-electron chi connectivity index (χ0n) is 13.4. The van der Waals surface area contributed by atoms with Crippen molar-refractivity contribution in [3.05, 3.63) is 63.4 Å². The molecule has 2 aromatic carbocycles. The van der Waals surface area contributed by atoms with Gasteiger partial charge in [0.15, 0.2) is 5.16 Å². The van der Waals surface area contributed by atoms with Crippen LogP contribution in [0.4, 0.5) is 18.9 Å². The molecule has 0 aliphatic carbocycles. The number of benzene rings is 2. The van der Waals surface area contributed by atoms with Gasteiger partial charge in [-0.2, -0.15) is 13.2 Å². The summed E-state index contributed by atoms with van der Waals surface area (Å²) in [5.41, 5.74) is -0.929. The first kappa shape index (κ1) is 19.2. The maximum Gasteiger partial charge on any atom is 0.416 e. The Hall–Kier alpha value is -2.52. The molecule has 0 saturated heterocycles. The predicted octanol–water partition coefficient (Wildman–Crippen LogP) is 4.33. The number of halogens is 4. The van der Waals surface area contributed by atoms with Gasteiger partial charge in [-0.3, -0.25) is 9.59 Å². The largest absolute Gasteiger partial charge is 0.416 e. The van der Waals surface area contributed by atoms with Crippen molar-refractivity contribution in [3.63, 3.8) is 0 Å². The number of aromatic amines is 1. The number of carbonyl (C=O) groups excluding carboxylic acids is 1. The van der Waals surface area contributed by atoms with E-state index in [1.807, 2.05) is 0 Å². The van der Waals surface area contributed by atoms with E-state index < -0.39 is 17.6 Å². The van der Waals surface area contributed by atoms with Gasteiger partial charge in [-0.05, 0) is 30.3 Å². The zero-order valence-corrected chi connectivity index (χ0v) is 15.0. The first-order valence-corrected chi connectivity index (χ1v) is 8.89. The van der Waals surface area contributed by atoms with Crippen LogP contribution in [0, 0.1) is 0 Å². The van der Waals surface area contributed by atoms with Crippen molar-refractivity contribution in [3.8, 4) is 0 Å². The average Bonchev–Trinajstić information content (AvgIpc) is 2.61. The highest BCUT2D eigenvalue weighted by atomic mass is 35.5. The summed E-state index contributed by atoms with van der Waals surface area (Å²) in [6.45, 7) is 0. The normalized spacial score (nSPS) is 11.6. The SMILES string of the molecule is O=C(CSc1nc2ccccc2c(=O)[nH]1)Nc1cc(C(F)(F)F)ccc1Cl. The van der Waals surface area contributed by atoms with Gasteiger partial charge in [0.2, 0.25) is 5.91 Å². The number of carbonyl (C=O) groups is 1. The van der Waals surface area contributed by atoms with Crippen LogP contribution in [0.25, 0.3) is 10.9 Å². The molecule has 0 bridgehead atoms. The third kappa shape index (κ3) is 4.61. The monoisotopic (exact) mass is 413 g/mol. The minimum absolute atomic E-state index is 0.0152. The van der Waals surface area contributed by atoms with Crippen LogP contribution in [0.15, 0.2) is 52.4 Å². The third-order valence-electron chi connectivity index (χ3n) is 3.50. The van der Waals surface area contributed by atoms with E-state index >= 15 is 0 Å². The fraction of sp³-hybridized carbons (Fsp3) is 0.118. The molecule has 0 atom stereocenters. The lowest BCUT2D eigenvalue weighted by Gasteiger charge is -2.11. The number of anilines is 1. The standard InChI is InChI=1S/C17H11ClF3N3O2S/c18-11-6-5-9(17(19,20)21)7-13(11)22-14(25)8-27-16-23-12-4-2-1-3-10(12)15(26)24-16/h1-7H,8H2,(H,22,25)(H,23,24,26). The topological polar surface area (TPSA) is 74.8 Å². The molecule has 140 valence electrons. The minimum Gasteiger partial charge on any atom is -0.324 e. The molecule has 0 spiro atoms. The van der Waals surface area contributed by atoms with E-state index in [-0.39, 0.29) is 27.2 Å². The van der Waals surface area contributed by atoms with Crippen molar-refractivity contribution >= 4 is 45.9 Å². The van der Waals surface area contributed by atoms with Crippen LogP contribution in [0.1, 0.15) is 5.56 Å². The number of thioether (sulfide) groups is 1. The van der Waals surface area contributed by atoms with Gasteiger partial charge in [0.25, 0.3) is 5.56 Å². The Bertz CT molecular complexity index is 1070. The van der Waals surface area contributed by atoms with E-state index in [4.69, 9.17) is 11.6 Å². The highest BCUT2D eigenvalue weighted by Crippen LogP contribution is 2.33. The van der Waals surface area contributed by atoms with Crippen molar-refractivity contribution in [2.45, 2.75) is 11.3 Å². The first-order chi connectivity index (χ1) is 12.7. The Balaban J connectivity index is 1.71. The molecule has 27 heavy (non-hydrogen) atoms. The molecule has 5 nitrogen and oxygen atoms in total. The number of hydrogen-bond donors (Lipinski definition) is 2. The predicted molar refractivity (Wildman–Crippen MR) is 98.2 cm³/mol. The molecular weight excluding hydrogens is 403 g/mol. The molecule has 1 aromatic heterocycles. The molecule has 0 saturated carbocycles. The van der Waals surface area contributed by atoms with Gasteiger partial charge in [-0.1, -0.05) is 35.5 Å². The van der Waals surface area contributed by atoms with E-state index in [0.29, 0.717) is 10.9 Å². The number of aromatic nitrogens is 2. The van der Waals surface area contributed by atoms with Crippen molar-refractivity contribution < 1.29 is 18.0 Å². The summed E-state index contributed by atoms with van der Waals surface area (Å²) < 4.78 is 38.3. The Morgan fingerprint density at radius 2 is 1.96 bits per heavy atom. The Kier molecular flexibility index (Phi) is 5.43. The molecule has 0 fully saturated rings. The van der Waals surface area contributed by atoms with Crippen molar-refractivity contribution in [1.82, 2.24) is 9.97 Å². The molecule has 0 radical (unpaired) electrons. The van der Waals surface area contributed by atoms with E-state index in [2.05, 4.69) is 15.3 Å². The van der Waals surface area contributed by atoms with Gasteiger partial charge in [-0.25, -0.2) is 4.98 Å². The number of para-hydroxylation sites is 1. The van der Waals surface area contributed by atoms with Crippen molar-refractivity contribution in [2.75, 3.05) is 11.1 Å². The fourth-order valence-electron chi connectivity index (χ4n) is 2.25. The molecule has 3 rings (SSSR count). The lowest BCUT2D eigenvalue weighted by atomic mass is 10.2. The molecule has 1 amide bonds. The number of hydrogen-bond acceptors (Lipinski definition) is 4. The maximum absolute atomic E-state index is 12.8. The highest BCUT2D eigenvalue weighted by molar-refractivity contribution is 7.99. The van der Waals surface area contributed by atoms with E-state index in [9.17, 15) is 22.8 Å². The second kappa shape index (κ2) is 7.61. The van der Waals surface area contributed by atoms with Crippen LogP contribution in [0.2, 0.25) is 5.02 Å². The van der Waals surface area contributed by atoms with Crippen LogP contribution in [-0.2, 0) is 11.0 Å². The third-order valence-corrected chi connectivity index (χ3v) is 4.70. The number of alkyl halides is 3. The number of nitrogens with one attached hydrogen (secondary N) is 2. The number of fused-ring (bicyclic) bond motifs is 1. The van der Waals surface area contributed by atoms with Crippen molar-refractivity contribution in [1.29, 1.82) is 0 Å².